The van der Waals surface area contributed by atoms with E-state index >= 15 is 0 Å². The Labute approximate surface area is 168 Å². The Balaban J connectivity index is 1.37. The number of benzene rings is 2. The second-order valence-electron chi connectivity index (χ2n) is 6.77. The number of aromatic nitrogens is 1. The molecular weight excluding hydrogens is 370 g/mol. The van der Waals surface area contributed by atoms with Crippen molar-refractivity contribution in [3.63, 3.8) is 0 Å². The molecule has 2 heterocycles. The van der Waals surface area contributed by atoms with E-state index < -0.39 is 0 Å². The van der Waals surface area contributed by atoms with Crippen LogP contribution in [0.15, 0.2) is 60.8 Å². The average Bonchev–Trinajstić information content (AvgIpc) is 3.17. The minimum absolute atomic E-state index is 0.131. The van der Waals surface area contributed by atoms with Crippen LogP contribution in [0.4, 0.5) is 17.2 Å². The maximum atomic E-state index is 12.5. The number of anilines is 3. The van der Waals surface area contributed by atoms with Crippen molar-refractivity contribution in [2.75, 3.05) is 17.4 Å². The number of hydrogen-bond donors (Lipinski definition) is 2. The Bertz CT molecular complexity index is 1000. The highest BCUT2D eigenvalue weighted by Crippen LogP contribution is 2.34. The van der Waals surface area contributed by atoms with Gasteiger partial charge in [0.05, 0.1) is 11.7 Å². The zero-order valence-electron chi connectivity index (χ0n) is 16.1. The molecule has 4 rings (SSSR count). The summed E-state index contributed by atoms with van der Waals surface area (Å²) in [5.41, 5.74) is 1.96. The van der Waals surface area contributed by atoms with E-state index in [1.165, 1.54) is 6.20 Å². The maximum Gasteiger partial charge on any atom is 0.257 e. The molecule has 3 aromatic rings. The summed E-state index contributed by atoms with van der Waals surface area (Å²) in [5, 5.41) is 6.03. The zero-order chi connectivity index (χ0) is 20.2. The van der Waals surface area contributed by atoms with Gasteiger partial charge in [-0.3, -0.25) is 4.79 Å². The number of rotatable bonds is 6. The molecule has 1 aliphatic rings. The van der Waals surface area contributed by atoms with Crippen LogP contribution < -0.4 is 24.8 Å². The third kappa shape index (κ3) is 4.57. The second kappa shape index (κ2) is 8.10. The van der Waals surface area contributed by atoms with Gasteiger partial charge in [0, 0.05) is 23.6 Å². The predicted octanol–water partition coefficient (Wildman–Crippen LogP) is 4.59. The SMILES string of the molecule is CC(C)Oc1ccc(Nc2ccc(C(=O)Nc3ccc4c(c3)OCO4)cn2)cc1. The number of nitrogens with zero attached hydrogens (tertiary/aromatic N) is 1. The molecule has 29 heavy (non-hydrogen) atoms. The predicted molar refractivity (Wildman–Crippen MR) is 110 cm³/mol. The molecule has 2 N–H and O–H groups in total. The van der Waals surface area contributed by atoms with Crippen molar-refractivity contribution in [2.45, 2.75) is 20.0 Å². The van der Waals surface area contributed by atoms with Crippen LogP contribution in [-0.2, 0) is 0 Å². The van der Waals surface area contributed by atoms with Crippen molar-refractivity contribution < 1.29 is 19.0 Å². The number of carbonyl (C=O) groups excluding carboxylic acids is 1. The van der Waals surface area contributed by atoms with E-state index in [-0.39, 0.29) is 18.8 Å². The van der Waals surface area contributed by atoms with Gasteiger partial charge in [0.25, 0.3) is 5.91 Å². The number of ether oxygens (including phenoxy) is 3. The van der Waals surface area contributed by atoms with Crippen molar-refractivity contribution in [3.05, 3.63) is 66.4 Å². The van der Waals surface area contributed by atoms with Gasteiger partial charge in [0.2, 0.25) is 6.79 Å². The van der Waals surface area contributed by atoms with Crippen molar-refractivity contribution in [1.29, 1.82) is 0 Å². The summed E-state index contributed by atoms with van der Waals surface area (Å²) >= 11 is 0. The molecule has 0 aliphatic carbocycles. The third-order valence-electron chi connectivity index (χ3n) is 4.15. The monoisotopic (exact) mass is 391 g/mol. The van der Waals surface area contributed by atoms with E-state index in [1.807, 2.05) is 38.1 Å². The Kier molecular flexibility index (Phi) is 5.20. The first-order valence-electron chi connectivity index (χ1n) is 9.27. The van der Waals surface area contributed by atoms with Crippen LogP contribution in [0.1, 0.15) is 24.2 Å². The topological polar surface area (TPSA) is 81.7 Å². The lowest BCUT2D eigenvalue weighted by Crippen LogP contribution is -2.12. The van der Waals surface area contributed by atoms with E-state index in [9.17, 15) is 4.79 Å². The molecule has 1 aliphatic heterocycles. The van der Waals surface area contributed by atoms with Gasteiger partial charge in [0.1, 0.15) is 11.6 Å². The quantitative estimate of drug-likeness (QED) is 0.639. The maximum absolute atomic E-state index is 12.5. The van der Waals surface area contributed by atoms with Crippen molar-refractivity contribution in [1.82, 2.24) is 4.98 Å². The smallest absolute Gasteiger partial charge is 0.257 e. The lowest BCUT2D eigenvalue weighted by Gasteiger charge is -2.11. The Morgan fingerprint density at radius 2 is 1.76 bits per heavy atom. The number of hydrogen-bond acceptors (Lipinski definition) is 6. The number of pyridine rings is 1. The lowest BCUT2D eigenvalue weighted by atomic mass is 10.2. The van der Waals surface area contributed by atoms with Crippen LogP contribution in [-0.4, -0.2) is 23.8 Å². The van der Waals surface area contributed by atoms with Crippen LogP contribution in [0, 0.1) is 0 Å². The van der Waals surface area contributed by atoms with E-state index in [2.05, 4.69) is 15.6 Å². The minimum Gasteiger partial charge on any atom is -0.491 e. The van der Waals surface area contributed by atoms with Gasteiger partial charge < -0.3 is 24.8 Å². The molecule has 7 heteroatoms. The van der Waals surface area contributed by atoms with Gasteiger partial charge in [-0.2, -0.15) is 0 Å². The largest absolute Gasteiger partial charge is 0.491 e. The number of nitrogens with one attached hydrogen (secondary N) is 2. The highest BCUT2D eigenvalue weighted by Gasteiger charge is 2.15. The second-order valence-corrected chi connectivity index (χ2v) is 6.77. The molecule has 0 bridgehead atoms. The lowest BCUT2D eigenvalue weighted by molar-refractivity contribution is 0.102. The summed E-state index contributed by atoms with van der Waals surface area (Å²) in [7, 11) is 0. The van der Waals surface area contributed by atoms with Crippen molar-refractivity contribution in [2.24, 2.45) is 0 Å². The van der Waals surface area contributed by atoms with Crippen molar-refractivity contribution >= 4 is 23.1 Å². The highest BCUT2D eigenvalue weighted by molar-refractivity contribution is 6.04. The molecule has 2 aromatic carbocycles. The fourth-order valence-electron chi connectivity index (χ4n) is 2.82. The number of carbonyl (C=O) groups is 1. The number of fused-ring (bicyclic) bond motifs is 1. The third-order valence-corrected chi connectivity index (χ3v) is 4.15. The van der Waals surface area contributed by atoms with Crippen LogP contribution in [0.5, 0.6) is 17.2 Å². The molecule has 0 saturated heterocycles. The number of amides is 1. The normalized spacial score (nSPS) is 12.0. The van der Waals surface area contributed by atoms with Crippen LogP contribution in [0.2, 0.25) is 0 Å². The van der Waals surface area contributed by atoms with E-state index in [0.717, 1.165) is 11.4 Å². The summed E-state index contributed by atoms with van der Waals surface area (Å²) in [6.45, 7) is 4.17. The fraction of sp³-hybridized carbons (Fsp3) is 0.182. The Morgan fingerprint density at radius 1 is 1.00 bits per heavy atom. The molecule has 0 unspecified atom stereocenters. The fourth-order valence-corrected chi connectivity index (χ4v) is 2.82. The first kappa shape index (κ1) is 18.6. The Morgan fingerprint density at radius 3 is 2.48 bits per heavy atom. The summed E-state index contributed by atoms with van der Waals surface area (Å²) in [6.07, 6.45) is 1.66. The zero-order valence-corrected chi connectivity index (χ0v) is 16.1. The van der Waals surface area contributed by atoms with Gasteiger partial charge in [-0.05, 0) is 62.4 Å². The van der Waals surface area contributed by atoms with Crippen molar-refractivity contribution in [3.8, 4) is 17.2 Å². The molecule has 0 radical (unpaired) electrons. The molecule has 1 amide bonds. The van der Waals surface area contributed by atoms with Gasteiger partial charge >= 0.3 is 0 Å². The molecule has 148 valence electrons. The van der Waals surface area contributed by atoms with E-state index in [1.54, 1.807) is 30.3 Å². The molecule has 0 saturated carbocycles. The first-order valence-corrected chi connectivity index (χ1v) is 9.27. The van der Waals surface area contributed by atoms with Gasteiger partial charge in [0.15, 0.2) is 11.5 Å². The van der Waals surface area contributed by atoms with Crippen LogP contribution in [0.3, 0.4) is 0 Å². The minimum atomic E-state index is -0.252. The molecule has 0 atom stereocenters. The summed E-state index contributed by atoms with van der Waals surface area (Å²) in [6, 6.07) is 16.4. The van der Waals surface area contributed by atoms with E-state index in [4.69, 9.17) is 14.2 Å². The molecular formula is C22H21N3O4. The van der Waals surface area contributed by atoms with E-state index in [0.29, 0.717) is 28.6 Å². The van der Waals surface area contributed by atoms with Gasteiger partial charge in [-0.25, -0.2) is 4.98 Å². The summed E-state index contributed by atoms with van der Waals surface area (Å²) < 4.78 is 16.2. The Hall–Kier alpha value is -3.74. The van der Waals surface area contributed by atoms with Gasteiger partial charge in [-0.15, -0.1) is 0 Å². The molecule has 1 aromatic heterocycles. The van der Waals surface area contributed by atoms with Crippen LogP contribution in [0.25, 0.3) is 0 Å². The standard InChI is InChI=1S/C22H21N3O4/c1-14(2)29-18-7-4-16(5-8-18)24-21-10-3-15(12-23-21)22(26)25-17-6-9-19-20(11-17)28-13-27-19/h3-12,14H,13H2,1-2H3,(H,23,24)(H,25,26). The summed E-state index contributed by atoms with van der Waals surface area (Å²) in [5.74, 6) is 2.49. The molecule has 0 spiro atoms. The van der Waals surface area contributed by atoms with Gasteiger partial charge in [-0.1, -0.05) is 0 Å². The molecule has 7 nitrogen and oxygen atoms in total. The average molecular weight is 391 g/mol. The van der Waals surface area contributed by atoms with Crippen LogP contribution >= 0.6 is 0 Å². The highest BCUT2D eigenvalue weighted by atomic mass is 16.7. The first-order chi connectivity index (χ1) is 14.1. The molecule has 0 fully saturated rings. The summed E-state index contributed by atoms with van der Waals surface area (Å²) in [4.78, 5) is 16.8.